The molecule has 3 N–H and O–H groups in total. The van der Waals surface area contributed by atoms with E-state index in [0.29, 0.717) is 5.96 Å². The summed E-state index contributed by atoms with van der Waals surface area (Å²) in [5.74, 6) is 1.43. The van der Waals surface area contributed by atoms with Crippen LogP contribution in [0.4, 0.5) is 0 Å². The average Bonchev–Trinajstić information content (AvgIpc) is 2.84. The first-order chi connectivity index (χ1) is 11.3. The third kappa shape index (κ3) is 6.91. The molecule has 1 aromatic rings. The van der Waals surface area contributed by atoms with E-state index in [1.807, 2.05) is 12.1 Å². The minimum absolute atomic E-state index is 0.549. The maximum atomic E-state index is 5.93. The molecular formula is C18H30N4O. The maximum absolute atomic E-state index is 5.93. The summed E-state index contributed by atoms with van der Waals surface area (Å²) < 4.78 is 5.16. The molecule has 128 valence electrons. The molecule has 1 saturated heterocycles. The van der Waals surface area contributed by atoms with Crippen molar-refractivity contribution in [2.24, 2.45) is 10.7 Å². The third-order valence-electron chi connectivity index (χ3n) is 4.28. The Morgan fingerprint density at radius 1 is 1.17 bits per heavy atom. The number of ether oxygens (including phenoxy) is 1. The van der Waals surface area contributed by atoms with Crippen molar-refractivity contribution in [2.75, 3.05) is 39.8 Å². The summed E-state index contributed by atoms with van der Waals surface area (Å²) in [4.78, 5) is 6.93. The van der Waals surface area contributed by atoms with Gasteiger partial charge < -0.3 is 20.7 Å². The van der Waals surface area contributed by atoms with Gasteiger partial charge in [-0.2, -0.15) is 0 Å². The molecule has 2 rings (SSSR count). The van der Waals surface area contributed by atoms with E-state index >= 15 is 0 Å². The lowest BCUT2D eigenvalue weighted by atomic mass is 10.1. The van der Waals surface area contributed by atoms with E-state index in [2.05, 4.69) is 27.3 Å². The molecule has 0 saturated carbocycles. The summed E-state index contributed by atoms with van der Waals surface area (Å²) in [7, 11) is 1.68. The smallest absolute Gasteiger partial charge is 0.188 e. The Bertz CT molecular complexity index is 464. The molecule has 1 aliphatic heterocycles. The fourth-order valence-corrected chi connectivity index (χ4v) is 2.85. The molecule has 0 spiro atoms. The monoisotopic (exact) mass is 318 g/mol. The summed E-state index contributed by atoms with van der Waals surface area (Å²) in [6, 6.07) is 8.11. The summed E-state index contributed by atoms with van der Waals surface area (Å²) in [5.41, 5.74) is 7.19. The van der Waals surface area contributed by atoms with Crippen LogP contribution in [-0.2, 0) is 6.42 Å². The van der Waals surface area contributed by atoms with Crippen LogP contribution in [0, 0.1) is 0 Å². The van der Waals surface area contributed by atoms with Gasteiger partial charge in [0.2, 0.25) is 0 Å². The number of nitrogens with one attached hydrogen (secondary N) is 1. The van der Waals surface area contributed by atoms with Gasteiger partial charge in [-0.3, -0.25) is 4.99 Å². The second-order valence-corrected chi connectivity index (χ2v) is 6.05. The number of guanidine groups is 1. The van der Waals surface area contributed by atoms with Crippen LogP contribution in [0.3, 0.4) is 0 Å². The first-order valence-corrected chi connectivity index (χ1v) is 8.67. The van der Waals surface area contributed by atoms with Crippen molar-refractivity contribution in [3.63, 3.8) is 0 Å². The fraction of sp³-hybridized carbons (Fsp3) is 0.611. The van der Waals surface area contributed by atoms with E-state index in [1.54, 1.807) is 7.11 Å². The van der Waals surface area contributed by atoms with Gasteiger partial charge in [-0.25, -0.2) is 0 Å². The third-order valence-corrected chi connectivity index (χ3v) is 4.28. The van der Waals surface area contributed by atoms with E-state index in [4.69, 9.17) is 10.5 Å². The molecule has 0 aromatic heterocycles. The number of rotatable bonds is 7. The first-order valence-electron chi connectivity index (χ1n) is 8.67. The molecule has 0 unspecified atom stereocenters. The molecule has 0 atom stereocenters. The second-order valence-electron chi connectivity index (χ2n) is 6.05. The number of nitrogens with zero attached hydrogens (tertiary/aromatic N) is 2. The molecule has 23 heavy (non-hydrogen) atoms. The molecule has 1 heterocycles. The molecule has 1 aromatic carbocycles. The van der Waals surface area contributed by atoms with Crippen molar-refractivity contribution in [1.29, 1.82) is 0 Å². The largest absolute Gasteiger partial charge is 0.497 e. The summed E-state index contributed by atoms with van der Waals surface area (Å²) >= 11 is 0. The highest BCUT2D eigenvalue weighted by molar-refractivity contribution is 5.77. The van der Waals surface area contributed by atoms with Gasteiger partial charge in [0.05, 0.1) is 13.7 Å². The number of benzene rings is 1. The van der Waals surface area contributed by atoms with Crippen molar-refractivity contribution in [1.82, 2.24) is 10.2 Å². The molecule has 0 aliphatic carbocycles. The van der Waals surface area contributed by atoms with Crippen LogP contribution >= 0.6 is 0 Å². The Labute approximate surface area is 139 Å². The van der Waals surface area contributed by atoms with Gasteiger partial charge >= 0.3 is 0 Å². The number of hydrogen-bond acceptors (Lipinski definition) is 3. The Kier molecular flexibility index (Phi) is 7.73. The van der Waals surface area contributed by atoms with E-state index in [-0.39, 0.29) is 0 Å². The second kappa shape index (κ2) is 10.1. The molecule has 0 bridgehead atoms. The van der Waals surface area contributed by atoms with Crippen molar-refractivity contribution >= 4 is 5.96 Å². The molecule has 5 nitrogen and oxygen atoms in total. The Morgan fingerprint density at radius 2 is 1.87 bits per heavy atom. The predicted molar refractivity (Wildman–Crippen MR) is 96.1 cm³/mol. The van der Waals surface area contributed by atoms with Crippen molar-refractivity contribution < 1.29 is 4.74 Å². The number of aliphatic imine (C=N–C) groups is 1. The van der Waals surface area contributed by atoms with Crippen LogP contribution in [0.1, 0.15) is 31.2 Å². The van der Waals surface area contributed by atoms with E-state index in [1.165, 1.54) is 44.3 Å². The van der Waals surface area contributed by atoms with E-state index in [0.717, 1.165) is 31.8 Å². The lowest BCUT2D eigenvalue weighted by molar-refractivity contribution is 0.293. The van der Waals surface area contributed by atoms with Gasteiger partial charge in [-0.1, -0.05) is 25.0 Å². The zero-order valence-electron chi connectivity index (χ0n) is 14.3. The average molecular weight is 318 g/mol. The zero-order valence-corrected chi connectivity index (χ0v) is 14.3. The van der Waals surface area contributed by atoms with Crippen molar-refractivity contribution in [3.8, 4) is 5.75 Å². The van der Waals surface area contributed by atoms with Gasteiger partial charge in [0, 0.05) is 13.1 Å². The maximum Gasteiger partial charge on any atom is 0.188 e. The number of likely N-dealkylation sites (tertiary alicyclic amines) is 1. The van der Waals surface area contributed by atoms with Crippen LogP contribution in [0.5, 0.6) is 5.75 Å². The van der Waals surface area contributed by atoms with Gasteiger partial charge in [0.1, 0.15) is 5.75 Å². The quantitative estimate of drug-likeness (QED) is 0.596. The Balaban J connectivity index is 1.62. The fourth-order valence-electron chi connectivity index (χ4n) is 2.85. The van der Waals surface area contributed by atoms with Crippen LogP contribution in [0.15, 0.2) is 29.3 Å². The highest BCUT2D eigenvalue weighted by Crippen LogP contribution is 2.11. The lowest BCUT2D eigenvalue weighted by Crippen LogP contribution is -2.34. The lowest BCUT2D eigenvalue weighted by Gasteiger charge is -2.18. The summed E-state index contributed by atoms with van der Waals surface area (Å²) in [6.07, 6.45) is 6.30. The van der Waals surface area contributed by atoms with Crippen LogP contribution in [0.25, 0.3) is 0 Å². The van der Waals surface area contributed by atoms with Crippen LogP contribution in [-0.4, -0.2) is 50.7 Å². The number of methoxy groups -OCH3 is 1. The number of nitrogens with two attached hydrogens (primary N) is 1. The molecule has 1 fully saturated rings. The standard InChI is InChI=1S/C18H30N4O/c1-23-17-8-6-16(7-9-17)10-11-20-18(19)21-12-15-22-13-4-2-3-5-14-22/h6-9H,2-5,10-15H2,1H3,(H3,19,20,21). The summed E-state index contributed by atoms with van der Waals surface area (Å²) in [5, 5.41) is 3.19. The van der Waals surface area contributed by atoms with Crippen LogP contribution < -0.4 is 15.8 Å². The topological polar surface area (TPSA) is 62.9 Å². The van der Waals surface area contributed by atoms with Gasteiger partial charge in [0.15, 0.2) is 5.96 Å². The first kappa shape index (κ1) is 17.6. The number of hydrogen-bond donors (Lipinski definition) is 2. The van der Waals surface area contributed by atoms with Gasteiger partial charge in [-0.15, -0.1) is 0 Å². The van der Waals surface area contributed by atoms with E-state index in [9.17, 15) is 0 Å². The van der Waals surface area contributed by atoms with E-state index < -0.39 is 0 Å². The van der Waals surface area contributed by atoms with Crippen LogP contribution in [0.2, 0.25) is 0 Å². The van der Waals surface area contributed by atoms with Crippen molar-refractivity contribution in [2.45, 2.75) is 32.1 Å². The highest BCUT2D eigenvalue weighted by atomic mass is 16.5. The molecule has 0 amide bonds. The minimum atomic E-state index is 0.549. The van der Waals surface area contributed by atoms with Gasteiger partial charge in [0.25, 0.3) is 0 Å². The molecule has 0 radical (unpaired) electrons. The molecular weight excluding hydrogens is 288 g/mol. The highest BCUT2D eigenvalue weighted by Gasteiger charge is 2.07. The van der Waals surface area contributed by atoms with Gasteiger partial charge in [-0.05, 0) is 50.0 Å². The molecule has 5 heteroatoms. The Morgan fingerprint density at radius 3 is 2.52 bits per heavy atom. The SMILES string of the molecule is COc1ccc(CCNC(N)=NCCN2CCCCCC2)cc1. The summed E-state index contributed by atoms with van der Waals surface area (Å²) in [6.45, 7) is 5.01. The minimum Gasteiger partial charge on any atom is -0.497 e. The zero-order chi connectivity index (χ0) is 16.3. The molecule has 1 aliphatic rings. The van der Waals surface area contributed by atoms with Crippen molar-refractivity contribution in [3.05, 3.63) is 29.8 Å². The normalized spacial score (nSPS) is 16.8. The predicted octanol–water partition coefficient (Wildman–Crippen LogP) is 2.02. The Hall–Kier alpha value is -1.75.